The summed E-state index contributed by atoms with van der Waals surface area (Å²) in [6.45, 7) is -1.43. The van der Waals surface area contributed by atoms with E-state index >= 15 is 0 Å². The van der Waals surface area contributed by atoms with E-state index in [9.17, 15) is 15.3 Å². The Kier molecular flexibility index (Phi) is 3.76. The number of aliphatic hydroxyl groups is 3. The molecule has 10 heteroatoms. The van der Waals surface area contributed by atoms with Crippen molar-refractivity contribution in [1.29, 1.82) is 0 Å². The number of hydrazine groups is 1. The first-order chi connectivity index (χ1) is 9.18. The Bertz CT molecular complexity index is 545. The summed E-state index contributed by atoms with van der Waals surface area (Å²) in [6, 6.07) is 0. The van der Waals surface area contributed by atoms with E-state index in [0.717, 1.165) is 0 Å². The van der Waals surface area contributed by atoms with Crippen molar-refractivity contribution in [3.05, 3.63) is 6.20 Å². The van der Waals surface area contributed by atoms with Gasteiger partial charge >= 0.3 is 0 Å². The number of H-pyrrole nitrogens is 1. The molecule has 0 spiro atoms. The van der Waals surface area contributed by atoms with Crippen LogP contribution in [-0.2, 0) is 0 Å². The summed E-state index contributed by atoms with van der Waals surface area (Å²) in [5, 5.41) is 37.7. The van der Waals surface area contributed by atoms with Crippen LogP contribution in [0, 0.1) is 0 Å². The Hall–Kier alpha value is -2.01. The third-order valence-electron chi connectivity index (χ3n) is 2.73. The number of aromatic amines is 1. The van der Waals surface area contributed by atoms with Gasteiger partial charge in [-0.25, -0.2) is 5.84 Å². The monoisotopic (exact) mass is 269 g/mol. The molecule has 0 radical (unpaired) electrons. The fraction of sp³-hybridized carbons (Fsp3) is 0.444. The third kappa shape index (κ3) is 2.42. The molecule has 2 heterocycles. The van der Waals surface area contributed by atoms with E-state index in [0.29, 0.717) is 11.0 Å². The minimum Gasteiger partial charge on any atom is -0.394 e. The minimum atomic E-state index is -1.30. The number of hydrogen-bond acceptors (Lipinski definition) is 9. The van der Waals surface area contributed by atoms with Gasteiger partial charge in [0, 0.05) is 0 Å². The van der Waals surface area contributed by atoms with E-state index in [1.54, 1.807) is 0 Å². The molecule has 8 N–H and O–H groups in total. The zero-order chi connectivity index (χ0) is 13.9. The van der Waals surface area contributed by atoms with Crippen LogP contribution in [0.5, 0.6) is 0 Å². The molecule has 0 amide bonds. The number of rotatable bonds is 6. The quantitative estimate of drug-likeness (QED) is 0.227. The van der Waals surface area contributed by atoms with Crippen LogP contribution in [0.3, 0.4) is 0 Å². The van der Waals surface area contributed by atoms with Crippen LogP contribution in [0.15, 0.2) is 6.20 Å². The number of nitrogens with zero attached hydrogens (tertiary/aromatic N) is 3. The molecule has 0 atom stereocenters. The molecule has 104 valence electrons. The molecule has 0 aliphatic heterocycles. The predicted molar refractivity (Wildman–Crippen MR) is 67.1 cm³/mol. The lowest BCUT2D eigenvalue weighted by Gasteiger charge is -2.29. The number of anilines is 2. The maximum Gasteiger partial charge on any atom is 0.241 e. The SMILES string of the molecule is NNc1nc(NC(CO)(CO)CO)c2cn[nH]c2n1. The fourth-order valence-electron chi connectivity index (χ4n) is 1.51. The van der Waals surface area contributed by atoms with Crippen LogP contribution in [0.1, 0.15) is 0 Å². The number of aromatic nitrogens is 4. The first-order valence-corrected chi connectivity index (χ1v) is 5.46. The standard InChI is InChI=1S/C9H15N7O3/c10-15-8-12-6(5-1-11-16-7(5)13-8)14-9(2-17,3-18)4-19/h1,17-19H,2-4,10H2,(H3,11,12,13,14,15,16). The molecule has 0 unspecified atom stereocenters. The summed E-state index contributed by atoms with van der Waals surface area (Å²) in [7, 11) is 0. The van der Waals surface area contributed by atoms with Gasteiger partial charge in [-0.05, 0) is 0 Å². The highest BCUT2D eigenvalue weighted by Gasteiger charge is 2.29. The van der Waals surface area contributed by atoms with Crippen LogP contribution >= 0.6 is 0 Å². The Morgan fingerprint density at radius 1 is 1.21 bits per heavy atom. The summed E-state index contributed by atoms with van der Waals surface area (Å²) >= 11 is 0. The van der Waals surface area contributed by atoms with Crippen molar-refractivity contribution < 1.29 is 15.3 Å². The molecule has 0 bridgehead atoms. The molecular formula is C9H15N7O3. The molecule has 0 aromatic carbocycles. The Morgan fingerprint density at radius 2 is 1.89 bits per heavy atom. The van der Waals surface area contributed by atoms with Gasteiger partial charge < -0.3 is 20.6 Å². The minimum absolute atomic E-state index is 0.127. The molecular weight excluding hydrogens is 254 g/mol. The number of fused-ring (bicyclic) bond motifs is 1. The second kappa shape index (κ2) is 5.32. The lowest BCUT2D eigenvalue weighted by Crippen LogP contribution is -2.49. The molecule has 0 aliphatic rings. The average Bonchev–Trinajstić information content (AvgIpc) is 2.93. The van der Waals surface area contributed by atoms with Crippen LogP contribution in [-0.4, -0.2) is 60.8 Å². The maximum atomic E-state index is 9.30. The van der Waals surface area contributed by atoms with Gasteiger partial charge in [0.15, 0.2) is 5.65 Å². The van der Waals surface area contributed by atoms with E-state index in [1.165, 1.54) is 6.20 Å². The normalized spacial score (nSPS) is 11.8. The molecule has 0 saturated carbocycles. The Morgan fingerprint density at radius 3 is 2.47 bits per heavy atom. The van der Waals surface area contributed by atoms with Crippen LogP contribution in [0.4, 0.5) is 11.8 Å². The highest BCUT2D eigenvalue weighted by atomic mass is 16.3. The van der Waals surface area contributed by atoms with Gasteiger partial charge in [0.2, 0.25) is 5.95 Å². The number of nitrogen functional groups attached to an aromatic ring is 1. The van der Waals surface area contributed by atoms with E-state index < -0.39 is 25.4 Å². The maximum absolute atomic E-state index is 9.30. The number of aliphatic hydroxyl groups excluding tert-OH is 3. The van der Waals surface area contributed by atoms with Crippen molar-refractivity contribution in [2.45, 2.75) is 5.54 Å². The van der Waals surface area contributed by atoms with Gasteiger partial charge in [0.05, 0.1) is 31.4 Å². The predicted octanol–water partition coefficient (Wildman–Crippen LogP) is -2.23. The zero-order valence-corrected chi connectivity index (χ0v) is 9.96. The highest BCUT2D eigenvalue weighted by Crippen LogP contribution is 2.22. The second-order valence-corrected chi connectivity index (χ2v) is 4.05. The second-order valence-electron chi connectivity index (χ2n) is 4.05. The fourth-order valence-corrected chi connectivity index (χ4v) is 1.51. The van der Waals surface area contributed by atoms with Crippen LogP contribution in [0.2, 0.25) is 0 Å². The highest BCUT2D eigenvalue weighted by molar-refractivity contribution is 5.87. The number of nitrogens with one attached hydrogen (secondary N) is 3. The van der Waals surface area contributed by atoms with Crippen molar-refractivity contribution in [2.75, 3.05) is 30.6 Å². The van der Waals surface area contributed by atoms with Gasteiger partial charge in [0.1, 0.15) is 11.4 Å². The lowest BCUT2D eigenvalue weighted by atomic mass is 10.0. The largest absolute Gasteiger partial charge is 0.394 e. The van der Waals surface area contributed by atoms with Gasteiger partial charge in [0.25, 0.3) is 0 Å². The van der Waals surface area contributed by atoms with Gasteiger partial charge in [-0.2, -0.15) is 15.1 Å². The Labute approximate surface area is 107 Å². The first-order valence-electron chi connectivity index (χ1n) is 5.46. The summed E-state index contributed by atoms with van der Waals surface area (Å²) in [5.41, 5.74) is 1.41. The van der Waals surface area contributed by atoms with Crippen molar-refractivity contribution in [3.63, 3.8) is 0 Å². The molecule has 2 rings (SSSR count). The zero-order valence-electron chi connectivity index (χ0n) is 9.96. The van der Waals surface area contributed by atoms with Crippen molar-refractivity contribution in [3.8, 4) is 0 Å². The molecule has 0 saturated heterocycles. The summed E-state index contributed by atoms with van der Waals surface area (Å²) in [4.78, 5) is 8.10. The van der Waals surface area contributed by atoms with E-state index in [-0.39, 0.29) is 11.8 Å². The number of hydrogen-bond donors (Lipinski definition) is 7. The van der Waals surface area contributed by atoms with E-state index in [1.807, 2.05) is 0 Å². The van der Waals surface area contributed by atoms with E-state index in [2.05, 4.69) is 30.9 Å². The van der Waals surface area contributed by atoms with Gasteiger partial charge in [-0.1, -0.05) is 0 Å². The van der Waals surface area contributed by atoms with Crippen LogP contribution < -0.4 is 16.6 Å². The van der Waals surface area contributed by atoms with Gasteiger partial charge in [-0.3, -0.25) is 10.5 Å². The summed E-state index contributed by atoms with van der Waals surface area (Å²) < 4.78 is 0. The molecule has 2 aromatic rings. The van der Waals surface area contributed by atoms with Crippen molar-refractivity contribution in [1.82, 2.24) is 20.2 Å². The van der Waals surface area contributed by atoms with Crippen molar-refractivity contribution in [2.24, 2.45) is 5.84 Å². The van der Waals surface area contributed by atoms with Crippen LogP contribution in [0.25, 0.3) is 11.0 Å². The van der Waals surface area contributed by atoms with E-state index in [4.69, 9.17) is 5.84 Å². The van der Waals surface area contributed by atoms with Crippen molar-refractivity contribution >= 4 is 22.8 Å². The van der Waals surface area contributed by atoms with Gasteiger partial charge in [-0.15, -0.1) is 0 Å². The molecule has 0 fully saturated rings. The summed E-state index contributed by atoms with van der Waals surface area (Å²) in [6.07, 6.45) is 1.48. The molecule has 19 heavy (non-hydrogen) atoms. The first kappa shape index (κ1) is 13.4. The lowest BCUT2D eigenvalue weighted by molar-refractivity contribution is 0.0832. The molecule has 10 nitrogen and oxygen atoms in total. The topological polar surface area (TPSA) is 165 Å². The Balaban J connectivity index is 2.46. The smallest absolute Gasteiger partial charge is 0.241 e. The third-order valence-corrected chi connectivity index (χ3v) is 2.73. The number of nitrogens with two attached hydrogens (primary N) is 1. The molecule has 0 aliphatic carbocycles. The average molecular weight is 269 g/mol. The molecule has 2 aromatic heterocycles. The summed E-state index contributed by atoms with van der Waals surface area (Å²) in [5.74, 6) is 5.66.